The van der Waals surface area contributed by atoms with E-state index >= 15 is 0 Å². The van der Waals surface area contributed by atoms with Crippen molar-refractivity contribution in [1.29, 1.82) is 0 Å². The van der Waals surface area contributed by atoms with Gasteiger partial charge in [0.2, 0.25) is 0 Å². The second-order valence-electron chi connectivity index (χ2n) is 6.86. The molecule has 0 aromatic heterocycles. The molecule has 1 atom stereocenters. The Morgan fingerprint density at radius 3 is 2.28 bits per heavy atom. The van der Waals surface area contributed by atoms with Gasteiger partial charge < -0.3 is 10.1 Å². The van der Waals surface area contributed by atoms with Gasteiger partial charge in [-0.15, -0.1) is 0 Å². The van der Waals surface area contributed by atoms with Crippen molar-refractivity contribution in [2.75, 3.05) is 5.32 Å². The topological polar surface area (TPSA) is 38.3 Å². The van der Waals surface area contributed by atoms with E-state index in [4.69, 9.17) is 16.3 Å². The van der Waals surface area contributed by atoms with Crippen LogP contribution in [0.25, 0.3) is 0 Å². The lowest BCUT2D eigenvalue weighted by molar-refractivity contribution is -0.122. The Labute approximate surface area is 155 Å². The van der Waals surface area contributed by atoms with Crippen LogP contribution in [0.2, 0.25) is 5.02 Å². The Morgan fingerprint density at radius 2 is 1.72 bits per heavy atom. The molecule has 0 fully saturated rings. The first kappa shape index (κ1) is 19.3. The zero-order valence-electron chi connectivity index (χ0n) is 15.7. The highest BCUT2D eigenvalue weighted by Crippen LogP contribution is 2.28. The van der Waals surface area contributed by atoms with Crippen LogP contribution < -0.4 is 10.1 Å². The summed E-state index contributed by atoms with van der Waals surface area (Å²) >= 11 is 6.26. The lowest BCUT2D eigenvalue weighted by atomic mass is 9.98. The minimum atomic E-state index is -0.624. The van der Waals surface area contributed by atoms with E-state index in [9.17, 15) is 4.79 Å². The second-order valence-corrected chi connectivity index (χ2v) is 7.27. The minimum Gasteiger partial charge on any atom is -0.481 e. The first-order valence-corrected chi connectivity index (χ1v) is 8.91. The maximum Gasteiger partial charge on any atom is 0.265 e. The molecule has 3 nitrogen and oxygen atoms in total. The lowest BCUT2D eigenvalue weighted by Crippen LogP contribution is -2.30. The molecule has 1 amide bonds. The largest absolute Gasteiger partial charge is 0.481 e. The molecule has 134 valence electrons. The van der Waals surface area contributed by atoms with Crippen molar-refractivity contribution in [3.8, 4) is 5.75 Å². The SMILES string of the molecule is Cc1cc(C)c(NC(=O)C(C)Oc2ccc(C(C)C)c(C)c2)c(Cl)c1. The van der Waals surface area contributed by atoms with Crippen LogP contribution in [0, 0.1) is 20.8 Å². The van der Waals surface area contributed by atoms with Crippen LogP contribution in [0.1, 0.15) is 48.9 Å². The van der Waals surface area contributed by atoms with Crippen LogP contribution in [0.4, 0.5) is 5.69 Å². The number of ether oxygens (including phenoxy) is 1. The summed E-state index contributed by atoms with van der Waals surface area (Å²) in [6.45, 7) is 12.0. The fraction of sp³-hybridized carbons (Fsp3) is 0.381. The molecule has 0 spiro atoms. The second kappa shape index (κ2) is 7.92. The van der Waals surface area contributed by atoms with Gasteiger partial charge in [0, 0.05) is 0 Å². The Kier molecular flexibility index (Phi) is 6.12. The van der Waals surface area contributed by atoms with Gasteiger partial charge >= 0.3 is 0 Å². The Bertz CT molecular complexity index is 760. The monoisotopic (exact) mass is 359 g/mol. The van der Waals surface area contributed by atoms with Crippen molar-refractivity contribution in [3.05, 3.63) is 57.6 Å². The number of nitrogens with one attached hydrogen (secondary N) is 1. The smallest absolute Gasteiger partial charge is 0.265 e. The number of benzene rings is 2. The molecule has 0 aliphatic heterocycles. The number of amides is 1. The molecule has 0 heterocycles. The van der Waals surface area contributed by atoms with Crippen molar-refractivity contribution in [1.82, 2.24) is 0 Å². The van der Waals surface area contributed by atoms with Gasteiger partial charge in [-0.05, 0) is 74.1 Å². The molecule has 0 aliphatic carbocycles. The summed E-state index contributed by atoms with van der Waals surface area (Å²) < 4.78 is 5.81. The molecule has 2 aromatic rings. The summed E-state index contributed by atoms with van der Waals surface area (Å²) in [4.78, 5) is 12.5. The Balaban J connectivity index is 2.10. The van der Waals surface area contributed by atoms with E-state index < -0.39 is 6.10 Å². The first-order valence-electron chi connectivity index (χ1n) is 8.54. The average molecular weight is 360 g/mol. The Morgan fingerprint density at radius 1 is 1.04 bits per heavy atom. The van der Waals surface area contributed by atoms with Gasteiger partial charge in [0.15, 0.2) is 6.10 Å². The summed E-state index contributed by atoms with van der Waals surface area (Å²) in [5, 5.41) is 3.41. The van der Waals surface area contributed by atoms with Gasteiger partial charge in [-0.25, -0.2) is 0 Å². The van der Waals surface area contributed by atoms with Crippen molar-refractivity contribution in [2.45, 2.75) is 53.6 Å². The van der Waals surface area contributed by atoms with Crippen molar-refractivity contribution < 1.29 is 9.53 Å². The highest BCUT2D eigenvalue weighted by molar-refractivity contribution is 6.34. The van der Waals surface area contributed by atoms with Gasteiger partial charge in [-0.3, -0.25) is 4.79 Å². The predicted molar refractivity (Wildman–Crippen MR) is 105 cm³/mol. The van der Waals surface area contributed by atoms with Gasteiger partial charge in [0.25, 0.3) is 5.91 Å². The standard InChI is InChI=1S/C21H26ClNO2/c1-12(2)18-8-7-17(11-14(18)4)25-16(6)21(24)23-20-15(5)9-13(3)10-19(20)22/h7-12,16H,1-6H3,(H,23,24). The number of rotatable bonds is 5. The zero-order chi connectivity index (χ0) is 18.7. The van der Waals surface area contributed by atoms with E-state index in [0.29, 0.717) is 22.4 Å². The minimum absolute atomic E-state index is 0.223. The number of hydrogen-bond donors (Lipinski definition) is 1. The highest BCUT2D eigenvalue weighted by atomic mass is 35.5. The normalized spacial score (nSPS) is 12.2. The average Bonchev–Trinajstić information content (AvgIpc) is 2.50. The number of anilines is 1. The van der Waals surface area contributed by atoms with Gasteiger partial charge in [-0.1, -0.05) is 37.6 Å². The summed E-state index contributed by atoms with van der Waals surface area (Å²) in [6.07, 6.45) is -0.624. The summed E-state index contributed by atoms with van der Waals surface area (Å²) in [6, 6.07) is 9.77. The molecule has 1 N–H and O–H groups in total. The molecule has 0 radical (unpaired) electrons. The van der Waals surface area contributed by atoms with Crippen LogP contribution in [-0.4, -0.2) is 12.0 Å². The summed E-state index contributed by atoms with van der Waals surface area (Å²) in [7, 11) is 0. The van der Waals surface area contributed by atoms with E-state index in [1.54, 1.807) is 6.92 Å². The third kappa shape index (κ3) is 4.76. The van der Waals surface area contributed by atoms with Crippen LogP contribution in [0.3, 0.4) is 0 Å². The number of halogens is 1. The molecule has 0 saturated heterocycles. The van der Waals surface area contributed by atoms with Crippen molar-refractivity contribution >= 4 is 23.2 Å². The maximum atomic E-state index is 12.5. The maximum absolute atomic E-state index is 12.5. The number of aryl methyl sites for hydroxylation is 3. The fourth-order valence-corrected chi connectivity index (χ4v) is 3.29. The number of carbonyl (C=O) groups is 1. The highest BCUT2D eigenvalue weighted by Gasteiger charge is 2.18. The molecule has 4 heteroatoms. The molecule has 25 heavy (non-hydrogen) atoms. The quantitative estimate of drug-likeness (QED) is 0.733. The molecular weight excluding hydrogens is 334 g/mol. The molecule has 2 aromatic carbocycles. The van der Waals surface area contributed by atoms with E-state index in [1.165, 1.54) is 5.56 Å². The fourth-order valence-electron chi connectivity index (χ4n) is 2.93. The van der Waals surface area contributed by atoms with Crippen LogP contribution >= 0.6 is 11.6 Å². The molecule has 1 unspecified atom stereocenters. The first-order chi connectivity index (χ1) is 11.7. The predicted octanol–water partition coefficient (Wildman–Crippen LogP) is 5.79. The number of hydrogen-bond acceptors (Lipinski definition) is 2. The third-order valence-corrected chi connectivity index (χ3v) is 4.52. The zero-order valence-corrected chi connectivity index (χ0v) is 16.5. The van der Waals surface area contributed by atoms with E-state index in [0.717, 1.165) is 16.7 Å². The van der Waals surface area contributed by atoms with Crippen molar-refractivity contribution in [2.24, 2.45) is 0 Å². The van der Waals surface area contributed by atoms with E-state index in [1.807, 2.05) is 38.1 Å². The molecule has 0 bridgehead atoms. The summed E-state index contributed by atoms with van der Waals surface area (Å²) in [5.41, 5.74) is 5.08. The lowest BCUT2D eigenvalue weighted by Gasteiger charge is -2.18. The molecular formula is C21H26ClNO2. The van der Waals surface area contributed by atoms with Crippen LogP contribution in [-0.2, 0) is 4.79 Å². The van der Waals surface area contributed by atoms with Crippen LogP contribution in [0.5, 0.6) is 5.75 Å². The third-order valence-electron chi connectivity index (χ3n) is 4.23. The Hall–Kier alpha value is -2.00. The van der Waals surface area contributed by atoms with Crippen LogP contribution in [0.15, 0.2) is 30.3 Å². The van der Waals surface area contributed by atoms with Gasteiger partial charge in [0.05, 0.1) is 10.7 Å². The van der Waals surface area contributed by atoms with E-state index in [-0.39, 0.29) is 5.91 Å². The van der Waals surface area contributed by atoms with E-state index in [2.05, 4.69) is 32.2 Å². The summed E-state index contributed by atoms with van der Waals surface area (Å²) in [5.74, 6) is 0.928. The molecule has 2 rings (SSSR count). The number of carbonyl (C=O) groups excluding carboxylic acids is 1. The van der Waals surface area contributed by atoms with Gasteiger partial charge in [0.1, 0.15) is 5.75 Å². The molecule has 0 aliphatic rings. The van der Waals surface area contributed by atoms with Crippen molar-refractivity contribution in [3.63, 3.8) is 0 Å². The van der Waals surface area contributed by atoms with Gasteiger partial charge in [-0.2, -0.15) is 0 Å². The molecule has 0 saturated carbocycles.